The first kappa shape index (κ1) is 24.7. The number of ether oxygens (including phenoxy) is 1. The van der Waals surface area contributed by atoms with Crippen molar-refractivity contribution in [3.8, 4) is 0 Å². The van der Waals surface area contributed by atoms with Crippen LogP contribution in [0.2, 0.25) is 0 Å². The van der Waals surface area contributed by atoms with Crippen LogP contribution < -0.4 is 0 Å². The summed E-state index contributed by atoms with van der Waals surface area (Å²) in [7, 11) is -1.74. The molecule has 0 aliphatic heterocycles. The molecule has 2 nitrogen and oxygen atoms in total. The summed E-state index contributed by atoms with van der Waals surface area (Å²) in [5.41, 5.74) is -5.39. The van der Waals surface area contributed by atoms with Gasteiger partial charge < -0.3 is 4.74 Å². The van der Waals surface area contributed by atoms with E-state index in [0.29, 0.717) is 17.0 Å². The SMILES string of the molecule is C=C(c1ccc(C(OCc2ccccc2)(C(F)(F)F)C(F)(F)F)cc1)S(=O)c1ccccc1. The van der Waals surface area contributed by atoms with Gasteiger partial charge in [-0.05, 0) is 23.3 Å². The Morgan fingerprint density at radius 2 is 1.24 bits per heavy atom. The van der Waals surface area contributed by atoms with E-state index in [1.807, 2.05) is 0 Å². The van der Waals surface area contributed by atoms with Crippen LogP contribution in [0.1, 0.15) is 16.7 Å². The second kappa shape index (κ2) is 9.52. The molecule has 0 N–H and O–H groups in total. The van der Waals surface area contributed by atoms with Gasteiger partial charge in [-0.25, -0.2) is 4.21 Å². The molecule has 0 aromatic heterocycles. The van der Waals surface area contributed by atoms with E-state index in [1.54, 1.807) is 36.4 Å². The molecular weight excluding hydrogens is 466 g/mol. The predicted octanol–water partition coefficient (Wildman–Crippen LogP) is 7.00. The highest BCUT2D eigenvalue weighted by atomic mass is 32.2. The topological polar surface area (TPSA) is 26.3 Å². The first-order chi connectivity index (χ1) is 15.5. The molecule has 174 valence electrons. The second-order valence-corrected chi connectivity index (χ2v) is 8.53. The Morgan fingerprint density at radius 3 is 1.73 bits per heavy atom. The van der Waals surface area contributed by atoms with Crippen LogP contribution in [0.25, 0.3) is 4.91 Å². The van der Waals surface area contributed by atoms with Gasteiger partial charge in [0.1, 0.15) is 0 Å². The Morgan fingerprint density at radius 1 is 0.758 bits per heavy atom. The molecule has 1 atom stereocenters. The van der Waals surface area contributed by atoms with Crippen LogP contribution in [-0.4, -0.2) is 16.6 Å². The molecule has 0 fully saturated rings. The van der Waals surface area contributed by atoms with Crippen molar-refractivity contribution in [3.05, 3.63) is 108 Å². The van der Waals surface area contributed by atoms with Gasteiger partial charge in [0.15, 0.2) is 0 Å². The van der Waals surface area contributed by atoms with Crippen LogP contribution in [0.15, 0.2) is 96.4 Å². The highest BCUT2D eigenvalue weighted by Gasteiger charge is 2.73. The lowest BCUT2D eigenvalue weighted by molar-refractivity contribution is -0.392. The molecule has 0 amide bonds. The Kier molecular flexibility index (Phi) is 7.14. The third-order valence-corrected chi connectivity index (χ3v) is 6.27. The molecule has 0 spiro atoms. The zero-order valence-corrected chi connectivity index (χ0v) is 17.8. The summed E-state index contributed by atoms with van der Waals surface area (Å²) >= 11 is 0. The lowest BCUT2D eigenvalue weighted by Gasteiger charge is -2.37. The van der Waals surface area contributed by atoms with Crippen molar-refractivity contribution in [1.82, 2.24) is 0 Å². The van der Waals surface area contributed by atoms with Gasteiger partial charge in [0.05, 0.1) is 17.4 Å². The zero-order valence-electron chi connectivity index (χ0n) is 17.0. The standard InChI is InChI=1S/C24H18F6O2S/c1-17(33(31)21-10-6-3-7-11-21)19-12-14-20(15-13-19)22(23(25,26)27,24(28,29)30)32-16-18-8-4-2-5-9-18/h2-15H,1,16H2. The fourth-order valence-electron chi connectivity index (χ4n) is 3.19. The summed E-state index contributed by atoms with van der Waals surface area (Å²) < 4.78 is 101. The van der Waals surface area contributed by atoms with Crippen molar-refractivity contribution in [2.24, 2.45) is 0 Å². The minimum Gasteiger partial charge on any atom is -0.349 e. The maximum Gasteiger partial charge on any atom is 0.430 e. The van der Waals surface area contributed by atoms with Crippen molar-refractivity contribution in [2.45, 2.75) is 29.5 Å². The molecule has 3 aromatic rings. The fraction of sp³-hybridized carbons (Fsp3) is 0.167. The molecule has 0 aliphatic carbocycles. The number of alkyl halides is 6. The Bertz CT molecular complexity index is 1090. The van der Waals surface area contributed by atoms with Crippen molar-refractivity contribution >= 4 is 15.7 Å². The predicted molar refractivity (Wildman–Crippen MR) is 113 cm³/mol. The number of halogens is 6. The first-order valence-corrected chi connectivity index (χ1v) is 10.7. The van der Waals surface area contributed by atoms with E-state index in [4.69, 9.17) is 0 Å². The van der Waals surface area contributed by atoms with E-state index in [0.717, 1.165) is 12.1 Å². The highest BCUT2D eigenvalue weighted by Crippen LogP contribution is 2.53. The minimum absolute atomic E-state index is 0.0440. The fourth-order valence-corrected chi connectivity index (χ4v) is 4.22. The molecule has 33 heavy (non-hydrogen) atoms. The van der Waals surface area contributed by atoms with E-state index in [2.05, 4.69) is 11.3 Å². The molecule has 0 saturated carbocycles. The summed E-state index contributed by atoms with van der Waals surface area (Å²) in [5, 5.41) is 0. The van der Waals surface area contributed by atoms with Gasteiger partial charge in [-0.15, -0.1) is 0 Å². The zero-order chi connectivity index (χ0) is 24.3. The van der Waals surface area contributed by atoms with E-state index in [1.165, 1.54) is 24.3 Å². The van der Waals surface area contributed by atoms with Crippen LogP contribution in [-0.2, 0) is 27.7 Å². The minimum atomic E-state index is -5.80. The van der Waals surface area contributed by atoms with E-state index < -0.39 is 40.9 Å². The lowest BCUT2D eigenvalue weighted by atomic mass is 9.91. The van der Waals surface area contributed by atoms with Crippen LogP contribution in [0.4, 0.5) is 26.3 Å². The summed E-state index contributed by atoms with van der Waals surface area (Å²) in [4.78, 5) is 0.445. The third kappa shape index (κ3) is 5.04. The van der Waals surface area contributed by atoms with E-state index >= 15 is 0 Å². The highest BCUT2D eigenvalue weighted by molar-refractivity contribution is 7.94. The van der Waals surface area contributed by atoms with Gasteiger partial charge >= 0.3 is 12.4 Å². The molecule has 1 unspecified atom stereocenters. The van der Waals surface area contributed by atoms with Crippen LogP contribution in [0, 0.1) is 0 Å². The summed E-state index contributed by atoms with van der Waals surface area (Å²) in [6, 6.07) is 18.8. The van der Waals surface area contributed by atoms with Gasteiger partial charge in [-0.1, -0.05) is 79.4 Å². The molecule has 3 aromatic carbocycles. The molecule has 9 heteroatoms. The number of hydrogen-bond donors (Lipinski definition) is 0. The molecule has 0 heterocycles. The normalized spacial score (nSPS) is 13.5. The smallest absolute Gasteiger partial charge is 0.349 e. The van der Waals surface area contributed by atoms with Crippen molar-refractivity contribution in [1.29, 1.82) is 0 Å². The van der Waals surface area contributed by atoms with Crippen LogP contribution >= 0.6 is 0 Å². The van der Waals surface area contributed by atoms with Crippen molar-refractivity contribution in [2.75, 3.05) is 0 Å². The van der Waals surface area contributed by atoms with Gasteiger partial charge in [0.25, 0.3) is 5.60 Å². The molecule has 0 radical (unpaired) electrons. The number of benzene rings is 3. The van der Waals surface area contributed by atoms with Gasteiger partial charge in [-0.3, -0.25) is 0 Å². The quantitative estimate of drug-likeness (QED) is 0.338. The van der Waals surface area contributed by atoms with E-state index in [9.17, 15) is 30.6 Å². The van der Waals surface area contributed by atoms with Crippen molar-refractivity contribution in [3.63, 3.8) is 0 Å². The average molecular weight is 484 g/mol. The summed E-state index contributed by atoms with van der Waals surface area (Å²) in [5.74, 6) is 0. The van der Waals surface area contributed by atoms with Gasteiger partial charge in [0, 0.05) is 15.4 Å². The summed E-state index contributed by atoms with van der Waals surface area (Å²) in [6.07, 6.45) is -11.6. The maximum absolute atomic E-state index is 14.0. The van der Waals surface area contributed by atoms with E-state index in [-0.39, 0.29) is 16.0 Å². The maximum atomic E-state index is 14.0. The largest absolute Gasteiger partial charge is 0.430 e. The van der Waals surface area contributed by atoms with Crippen molar-refractivity contribution < 1.29 is 35.3 Å². The third-order valence-electron chi connectivity index (χ3n) is 4.89. The Labute approximate surface area is 189 Å². The van der Waals surface area contributed by atoms with Crippen LogP contribution in [0.5, 0.6) is 0 Å². The first-order valence-electron chi connectivity index (χ1n) is 9.55. The van der Waals surface area contributed by atoms with Gasteiger partial charge in [-0.2, -0.15) is 26.3 Å². The molecule has 0 aliphatic rings. The molecule has 0 saturated heterocycles. The Balaban J connectivity index is 1.98. The van der Waals surface area contributed by atoms with Gasteiger partial charge in [0.2, 0.25) is 0 Å². The van der Waals surface area contributed by atoms with Crippen LogP contribution in [0.3, 0.4) is 0 Å². The molecular formula is C24H18F6O2S. The lowest BCUT2D eigenvalue weighted by Crippen LogP contribution is -2.55. The average Bonchev–Trinajstić information content (AvgIpc) is 2.78. The monoisotopic (exact) mass is 484 g/mol. The summed E-state index contributed by atoms with van der Waals surface area (Å²) in [6.45, 7) is 2.78. The number of hydrogen-bond acceptors (Lipinski definition) is 2. The molecule has 0 bridgehead atoms. The molecule has 3 rings (SSSR count). The Hall–Kier alpha value is -2.91. The number of rotatable bonds is 7. The second-order valence-electron chi connectivity index (χ2n) is 7.03.